The first-order valence-corrected chi connectivity index (χ1v) is 11.1. The number of halogens is 1. The van der Waals surface area contributed by atoms with Crippen LogP contribution in [0.2, 0.25) is 0 Å². The van der Waals surface area contributed by atoms with Crippen molar-refractivity contribution < 1.29 is 17.9 Å². The van der Waals surface area contributed by atoms with Crippen molar-refractivity contribution in [3.05, 3.63) is 29.8 Å². The molecule has 8 nitrogen and oxygen atoms in total. The van der Waals surface area contributed by atoms with Crippen molar-refractivity contribution in [2.24, 2.45) is 10.9 Å². The maximum atomic E-state index is 12.1. The molecule has 1 unspecified atom stereocenters. The third-order valence-electron chi connectivity index (χ3n) is 4.59. The second-order valence-corrected chi connectivity index (χ2v) is 8.45. The van der Waals surface area contributed by atoms with Gasteiger partial charge in [0.05, 0.1) is 24.0 Å². The van der Waals surface area contributed by atoms with Gasteiger partial charge in [-0.15, -0.1) is 24.0 Å². The van der Waals surface area contributed by atoms with Gasteiger partial charge in [0, 0.05) is 19.6 Å². The lowest BCUT2D eigenvalue weighted by Crippen LogP contribution is -2.48. The van der Waals surface area contributed by atoms with E-state index in [2.05, 4.69) is 19.9 Å². The first-order chi connectivity index (χ1) is 13.4. The Balaban J connectivity index is 0.00000420. The number of benzene rings is 1. The minimum Gasteiger partial charge on any atom is -0.466 e. The van der Waals surface area contributed by atoms with Gasteiger partial charge in [-0.2, -0.15) is 0 Å². The molecule has 2 N–H and O–H groups in total. The van der Waals surface area contributed by atoms with Gasteiger partial charge in [-0.05, 0) is 51.4 Å². The molecule has 1 aromatic carbocycles. The number of ether oxygens (including phenoxy) is 1. The fraction of sp³-hybridized carbons (Fsp3) is 0.579. The number of piperidine rings is 1. The van der Waals surface area contributed by atoms with E-state index in [-0.39, 0.29) is 40.8 Å². The molecule has 1 saturated heterocycles. The number of carbonyl (C=O) groups is 1. The van der Waals surface area contributed by atoms with Crippen molar-refractivity contribution in [1.29, 1.82) is 0 Å². The molecule has 1 fully saturated rings. The third-order valence-corrected chi connectivity index (χ3v) is 6.02. The van der Waals surface area contributed by atoms with Crippen LogP contribution in [0.4, 0.5) is 0 Å². The molecule has 164 valence electrons. The predicted molar refractivity (Wildman–Crippen MR) is 124 cm³/mol. The summed E-state index contributed by atoms with van der Waals surface area (Å²) in [7, 11) is -2.05. The van der Waals surface area contributed by atoms with E-state index >= 15 is 0 Å². The number of likely N-dealkylation sites (tertiary alicyclic amines) is 1. The van der Waals surface area contributed by atoms with Crippen LogP contribution in [0.1, 0.15) is 32.3 Å². The molecule has 1 heterocycles. The Morgan fingerprint density at radius 2 is 1.97 bits per heavy atom. The normalized spacial score (nSPS) is 17.4. The van der Waals surface area contributed by atoms with Gasteiger partial charge in [0.25, 0.3) is 0 Å². The van der Waals surface area contributed by atoms with E-state index in [0.717, 1.165) is 37.5 Å². The highest BCUT2D eigenvalue weighted by Gasteiger charge is 2.28. The molecule has 0 amide bonds. The third kappa shape index (κ3) is 7.41. The summed E-state index contributed by atoms with van der Waals surface area (Å²) in [4.78, 5) is 19.1. The average molecular weight is 538 g/mol. The molecule has 1 aliphatic rings. The molecule has 0 spiro atoms. The van der Waals surface area contributed by atoms with Crippen LogP contribution < -0.4 is 10.0 Å². The largest absolute Gasteiger partial charge is 0.466 e. The van der Waals surface area contributed by atoms with Gasteiger partial charge >= 0.3 is 5.97 Å². The van der Waals surface area contributed by atoms with Gasteiger partial charge in [-0.25, -0.2) is 18.1 Å². The summed E-state index contributed by atoms with van der Waals surface area (Å²) in [5, 5.41) is 3.28. The minimum atomic E-state index is -3.44. The lowest BCUT2D eigenvalue weighted by molar-refractivity contribution is -0.149. The Morgan fingerprint density at radius 1 is 1.28 bits per heavy atom. The molecular formula is C19H31IN4O4S. The second-order valence-electron chi connectivity index (χ2n) is 6.56. The van der Waals surface area contributed by atoms with E-state index in [1.54, 1.807) is 24.3 Å². The van der Waals surface area contributed by atoms with Gasteiger partial charge in [0.15, 0.2) is 5.96 Å². The Morgan fingerprint density at radius 3 is 2.55 bits per heavy atom. The number of esters is 1. The summed E-state index contributed by atoms with van der Waals surface area (Å²) in [6.07, 6.45) is 1.74. The van der Waals surface area contributed by atoms with E-state index < -0.39 is 10.0 Å². The molecule has 0 aromatic heterocycles. The van der Waals surface area contributed by atoms with E-state index in [1.165, 1.54) is 7.05 Å². The summed E-state index contributed by atoms with van der Waals surface area (Å²) in [6, 6.07) is 6.66. The van der Waals surface area contributed by atoms with Crippen LogP contribution in [-0.2, 0) is 26.1 Å². The van der Waals surface area contributed by atoms with E-state index in [0.29, 0.717) is 19.7 Å². The van der Waals surface area contributed by atoms with Crippen molar-refractivity contribution in [2.45, 2.75) is 38.1 Å². The monoisotopic (exact) mass is 538 g/mol. The average Bonchev–Trinajstić information content (AvgIpc) is 2.71. The van der Waals surface area contributed by atoms with Crippen LogP contribution in [0.25, 0.3) is 0 Å². The molecule has 0 bridgehead atoms. The lowest BCUT2D eigenvalue weighted by Gasteiger charge is -2.34. The SMILES string of the molecule is CCNC(=NCc1ccc(S(=O)(=O)NC)cc1)N1CCCC(C(=O)OCC)C1.I. The molecule has 0 saturated carbocycles. The molecule has 1 aliphatic heterocycles. The zero-order chi connectivity index (χ0) is 20.6. The first-order valence-electron chi connectivity index (χ1n) is 9.63. The van der Waals surface area contributed by atoms with Gasteiger partial charge in [0.1, 0.15) is 0 Å². The first kappa shape index (κ1) is 25.6. The topological polar surface area (TPSA) is 100 Å². The number of sulfonamides is 1. The van der Waals surface area contributed by atoms with Gasteiger partial charge < -0.3 is 15.0 Å². The standard InChI is InChI=1S/C19H30N4O4S.HI/c1-4-21-19(23-12-6-7-16(14-23)18(24)27-5-2)22-13-15-8-10-17(11-9-15)28(25,26)20-3;/h8-11,16,20H,4-7,12-14H2,1-3H3,(H,21,22);1H. The second kappa shape index (κ2) is 12.3. The van der Waals surface area contributed by atoms with Crippen molar-refractivity contribution >= 4 is 45.9 Å². The van der Waals surface area contributed by atoms with Crippen LogP contribution >= 0.6 is 24.0 Å². The maximum Gasteiger partial charge on any atom is 0.310 e. The van der Waals surface area contributed by atoms with Crippen LogP contribution in [0.15, 0.2) is 34.2 Å². The number of nitrogens with one attached hydrogen (secondary N) is 2. The Hall–Kier alpha value is -1.40. The lowest BCUT2D eigenvalue weighted by atomic mass is 9.98. The van der Waals surface area contributed by atoms with Gasteiger partial charge in [-0.3, -0.25) is 4.79 Å². The fourth-order valence-corrected chi connectivity index (χ4v) is 3.84. The smallest absolute Gasteiger partial charge is 0.310 e. The molecular weight excluding hydrogens is 507 g/mol. The summed E-state index contributed by atoms with van der Waals surface area (Å²) in [5.41, 5.74) is 0.907. The van der Waals surface area contributed by atoms with E-state index in [4.69, 9.17) is 4.74 Å². The zero-order valence-electron chi connectivity index (χ0n) is 17.2. The number of carbonyl (C=O) groups excluding carboxylic acids is 1. The Bertz CT molecular complexity index is 784. The molecule has 1 atom stereocenters. The summed E-state index contributed by atoms with van der Waals surface area (Å²) in [6.45, 7) is 6.77. The van der Waals surface area contributed by atoms with Gasteiger partial charge in [-0.1, -0.05) is 12.1 Å². The van der Waals surface area contributed by atoms with Crippen molar-refractivity contribution in [3.8, 4) is 0 Å². The van der Waals surface area contributed by atoms with Crippen molar-refractivity contribution in [1.82, 2.24) is 14.9 Å². The van der Waals surface area contributed by atoms with Crippen molar-refractivity contribution in [3.63, 3.8) is 0 Å². The number of aliphatic imine (C=N–C) groups is 1. The maximum absolute atomic E-state index is 12.1. The quantitative estimate of drug-likeness (QED) is 0.238. The fourth-order valence-electron chi connectivity index (χ4n) is 3.11. The minimum absolute atomic E-state index is 0. The van der Waals surface area contributed by atoms with E-state index in [1.807, 2.05) is 13.8 Å². The molecule has 29 heavy (non-hydrogen) atoms. The zero-order valence-corrected chi connectivity index (χ0v) is 20.3. The number of guanidine groups is 1. The van der Waals surface area contributed by atoms with Crippen LogP contribution in [0.3, 0.4) is 0 Å². The highest BCUT2D eigenvalue weighted by molar-refractivity contribution is 14.0. The molecule has 0 radical (unpaired) electrons. The summed E-state index contributed by atoms with van der Waals surface area (Å²) < 4.78 is 31.1. The molecule has 10 heteroatoms. The molecule has 0 aliphatic carbocycles. The molecule has 2 rings (SSSR count). The van der Waals surface area contributed by atoms with E-state index in [9.17, 15) is 13.2 Å². The highest BCUT2D eigenvalue weighted by atomic mass is 127. The summed E-state index contributed by atoms with van der Waals surface area (Å²) in [5.74, 6) is 0.469. The predicted octanol–water partition coefficient (Wildman–Crippen LogP) is 1.95. The number of rotatable bonds is 7. The van der Waals surface area contributed by atoms with Crippen LogP contribution in [0.5, 0.6) is 0 Å². The molecule has 1 aromatic rings. The number of hydrogen-bond acceptors (Lipinski definition) is 5. The Labute approximate surface area is 190 Å². The summed E-state index contributed by atoms with van der Waals surface area (Å²) >= 11 is 0. The Kier molecular flexibility index (Phi) is 10.9. The van der Waals surface area contributed by atoms with Crippen LogP contribution in [-0.4, -0.2) is 58.5 Å². The van der Waals surface area contributed by atoms with Crippen LogP contribution in [0, 0.1) is 5.92 Å². The number of nitrogens with zero attached hydrogens (tertiary/aromatic N) is 2. The number of hydrogen-bond donors (Lipinski definition) is 2. The van der Waals surface area contributed by atoms with Crippen molar-refractivity contribution in [2.75, 3.05) is 33.3 Å². The van der Waals surface area contributed by atoms with Gasteiger partial charge in [0.2, 0.25) is 10.0 Å². The highest BCUT2D eigenvalue weighted by Crippen LogP contribution is 2.18.